The second kappa shape index (κ2) is 8.54. The van der Waals surface area contributed by atoms with Crippen molar-refractivity contribution in [1.29, 1.82) is 5.26 Å². The van der Waals surface area contributed by atoms with Crippen LogP contribution in [0.25, 0.3) is 6.08 Å². The Bertz CT molecular complexity index is 524. The van der Waals surface area contributed by atoms with Gasteiger partial charge in [-0.3, -0.25) is 4.79 Å². The molecule has 20 heavy (non-hydrogen) atoms. The van der Waals surface area contributed by atoms with Gasteiger partial charge in [0.05, 0.1) is 6.61 Å². The van der Waals surface area contributed by atoms with E-state index in [0.717, 1.165) is 17.7 Å². The van der Waals surface area contributed by atoms with Crippen LogP contribution in [0.5, 0.6) is 5.75 Å². The molecule has 0 aliphatic rings. The Labute approximate surface area is 119 Å². The Hall–Kier alpha value is -2.54. The number of hydrogen-bond donors (Lipinski definition) is 1. The van der Waals surface area contributed by atoms with E-state index in [1.54, 1.807) is 12.2 Å². The lowest BCUT2D eigenvalue weighted by Gasteiger charge is -2.04. The van der Waals surface area contributed by atoms with Crippen molar-refractivity contribution in [2.24, 2.45) is 0 Å². The van der Waals surface area contributed by atoms with Gasteiger partial charge in [-0.05, 0) is 30.2 Å². The maximum atomic E-state index is 11.7. The van der Waals surface area contributed by atoms with Crippen LogP contribution in [0, 0.1) is 11.3 Å². The summed E-state index contributed by atoms with van der Waals surface area (Å²) < 4.78 is 5.47. The molecule has 1 aromatic carbocycles. The fourth-order valence-electron chi connectivity index (χ4n) is 1.46. The van der Waals surface area contributed by atoms with Crippen LogP contribution in [0.1, 0.15) is 18.9 Å². The number of carbonyl (C=O) groups excluding carboxylic acids is 1. The van der Waals surface area contributed by atoms with Gasteiger partial charge in [0.1, 0.15) is 17.4 Å². The van der Waals surface area contributed by atoms with Crippen molar-refractivity contribution < 1.29 is 9.53 Å². The standard InChI is InChI=1S/C16H18N2O2/c1-3-9-18-16(19)14(12-17)11-13-5-7-15(8-6-13)20-10-4-2/h3,5-8,11H,1,4,9-10H2,2H3,(H,18,19)/b14-11+. The molecular weight excluding hydrogens is 252 g/mol. The van der Waals surface area contributed by atoms with Crippen LogP contribution >= 0.6 is 0 Å². The first-order chi connectivity index (χ1) is 9.71. The maximum Gasteiger partial charge on any atom is 0.262 e. The average molecular weight is 270 g/mol. The quantitative estimate of drug-likeness (QED) is 0.470. The summed E-state index contributed by atoms with van der Waals surface area (Å²) in [5.41, 5.74) is 0.841. The first kappa shape index (κ1) is 15.5. The summed E-state index contributed by atoms with van der Waals surface area (Å²) in [4.78, 5) is 11.7. The maximum absolute atomic E-state index is 11.7. The third-order valence-corrected chi connectivity index (χ3v) is 2.44. The van der Waals surface area contributed by atoms with Crippen molar-refractivity contribution in [1.82, 2.24) is 5.32 Å². The second-order valence-corrected chi connectivity index (χ2v) is 4.09. The summed E-state index contributed by atoms with van der Waals surface area (Å²) in [5.74, 6) is 0.373. The molecule has 0 unspecified atom stereocenters. The van der Waals surface area contributed by atoms with Crippen LogP contribution in [-0.2, 0) is 4.79 Å². The van der Waals surface area contributed by atoms with E-state index in [0.29, 0.717) is 13.2 Å². The number of nitrogens with one attached hydrogen (secondary N) is 1. The highest BCUT2D eigenvalue weighted by Crippen LogP contribution is 2.14. The third kappa shape index (κ3) is 4.99. The SMILES string of the molecule is C=CCNC(=O)/C(C#N)=C/c1ccc(OCCC)cc1. The van der Waals surface area contributed by atoms with Gasteiger partial charge in [-0.2, -0.15) is 5.26 Å². The van der Waals surface area contributed by atoms with E-state index in [1.165, 1.54) is 0 Å². The second-order valence-electron chi connectivity index (χ2n) is 4.09. The largest absolute Gasteiger partial charge is 0.494 e. The molecule has 1 amide bonds. The van der Waals surface area contributed by atoms with Crippen LogP contribution in [0.4, 0.5) is 0 Å². The Kier molecular flexibility index (Phi) is 6.63. The number of nitrogens with zero attached hydrogens (tertiary/aromatic N) is 1. The van der Waals surface area contributed by atoms with Gasteiger partial charge in [-0.25, -0.2) is 0 Å². The van der Waals surface area contributed by atoms with E-state index in [2.05, 4.69) is 11.9 Å². The summed E-state index contributed by atoms with van der Waals surface area (Å²) in [6.45, 7) is 6.55. The molecule has 4 nitrogen and oxygen atoms in total. The Balaban J connectivity index is 2.77. The molecule has 104 valence electrons. The molecule has 0 saturated carbocycles. The third-order valence-electron chi connectivity index (χ3n) is 2.44. The van der Waals surface area contributed by atoms with Crippen LogP contribution < -0.4 is 10.1 Å². The van der Waals surface area contributed by atoms with Gasteiger partial charge in [0, 0.05) is 6.54 Å². The Morgan fingerprint density at radius 1 is 1.45 bits per heavy atom. The predicted octanol–water partition coefficient (Wildman–Crippen LogP) is 2.68. The zero-order valence-electron chi connectivity index (χ0n) is 11.6. The van der Waals surface area contributed by atoms with Gasteiger partial charge in [0.25, 0.3) is 5.91 Å². The van der Waals surface area contributed by atoms with E-state index < -0.39 is 5.91 Å². The minimum Gasteiger partial charge on any atom is -0.494 e. The van der Waals surface area contributed by atoms with E-state index in [9.17, 15) is 4.79 Å². The summed E-state index contributed by atoms with van der Waals surface area (Å²) in [7, 11) is 0. The molecule has 4 heteroatoms. The number of ether oxygens (including phenoxy) is 1. The highest BCUT2D eigenvalue weighted by atomic mass is 16.5. The van der Waals surface area contributed by atoms with Gasteiger partial charge in [0.2, 0.25) is 0 Å². The van der Waals surface area contributed by atoms with E-state index in [-0.39, 0.29) is 5.57 Å². The highest BCUT2D eigenvalue weighted by Gasteiger charge is 2.07. The number of hydrogen-bond acceptors (Lipinski definition) is 3. The van der Waals surface area contributed by atoms with Gasteiger partial charge in [-0.1, -0.05) is 25.1 Å². The number of carbonyl (C=O) groups is 1. The minimum atomic E-state index is -0.404. The van der Waals surface area contributed by atoms with Gasteiger partial charge < -0.3 is 10.1 Å². The van der Waals surface area contributed by atoms with Crippen LogP contribution in [0.2, 0.25) is 0 Å². The predicted molar refractivity (Wildman–Crippen MR) is 79.0 cm³/mol. The summed E-state index contributed by atoms with van der Waals surface area (Å²) in [5, 5.41) is 11.6. The molecule has 0 spiro atoms. The summed E-state index contributed by atoms with van der Waals surface area (Å²) >= 11 is 0. The molecule has 0 heterocycles. The topological polar surface area (TPSA) is 62.1 Å². The lowest BCUT2D eigenvalue weighted by molar-refractivity contribution is -0.116. The molecule has 1 rings (SSSR count). The van der Waals surface area contributed by atoms with Crippen LogP contribution in [0.3, 0.4) is 0 Å². The molecule has 0 fully saturated rings. The Morgan fingerprint density at radius 2 is 2.15 bits per heavy atom. The van der Waals surface area contributed by atoms with E-state index >= 15 is 0 Å². The molecular formula is C16H18N2O2. The zero-order valence-corrected chi connectivity index (χ0v) is 11.6. The smallest absolute Gasteiger partial charge is 0.262 e. The van der Waals surface area contributed by atoms with Gasteiger partial charge in [-0.15, -0.1) is 6.58 Å². The molecule has 0 saturated heterocycles. The first-order valence-electron chi connectivity index (χ1n) is 6.45. The van der Waals surface area contributed by atoms with Crippen molar-refractivity contribution in [3.05, 3.63) is 48.1 Å². The lowest BCUT2D eigenvalue weighted by atomic mass is 10.1. The van der Waals surface area contributed by atoms with Crippen molar-refractivity contribution in [3.8, 4) is 11.8 Å². The van der Waals surface area contributed by atoms with E-state index in [1.807, 2.05) is 37.3 Å². The molecule has 1 aromatic rings. The van der Waals surface area contributed by atoms with Crippen LogP contribution in [-0.4, -0.2) is 19.1 Å². The fraction of sp³-hybridized carbons (Fsp3) is 0.250. The molecule has 0 aliphatic carbocycles. The molecule has 0 aromatic heterocycles. The number of amides is 1. The number of nitriles is 1. The summed E-state index contributed by atoms with van der Waals surface area (Å²) in [6, 6.07) is 9.14. The molecule has 1 N–H and O–H groups in total. The lowest BCUT2D eigenvalue weighted by Crippen LogP contribution is -2.24. The normalized spacial score (nSPS) is 10.5. The van der Waals surface area contributed by atoms with Crippen molar-refractivity contribution in [3.63, 3.8) is 0 Å². The van der Waals surface area contributed by atoms with Crippen molar-refractivity contribution >= 4 is 12.0 Å². The number of rotatable bonds is 7. The van der Waals surface area contributed by atoms with Crippen molar-refractivity contribution in [2.75, 3.05) is 13.2 Å². The molecule has 0 radical (unpaired) electrons. The number of benzene rings is 1. The first-order valence-corrected chi connectivity index (χ1v) is 6.45. The van der Waals surface area contributed by atoms with Gasteiger partial charge in [0.15, 0.2) is 0 Å². The fourth-order valence-corrected chi connectivity index (χ4v) is 1.46. The molecule has 0 bridgehead atoms. The van der Waals surface area contributed by atoms with Crippen molar-refractivity contribution in [2.45, 2.75) is 13.3 Å². The molecule has 0 atom stereocenters. The zero-order chi connectivity index (χ0) is 14.8. The van der Waals surface area contributed by atoms with Gasteiger partial charge >= 0.3 is 0 Å². The monoisotopic (exact) mass is 270 g/mol. The summed E-state index contributed by atoms with van der Waals surface area (Å²) in [6.07, 6.45) is 4.05. The average Bonchev–Trinajstić information content (AvgIpc) is 2.49. The van der Waals surface area contributed by atoms with Crippen LogP contribution in [0.15, 0.2) is 42.5 Å². The van der Waals surface area contributed by atoms with E-state index in [4.69, 9.17) is 10.00 Å². The highest BCUT2D eigenvalue weighted by molar-refractivity contribution is 6.01. The minimum absolute atomic E-state index is 0.0640. The Morgan fingerprint density at radius 3 is 2.70 bits per heavy atom. The molecule has 0 aliphatic heterocycles.